The molecule has 0 fully saturated rings. The van der Waals surface area contributed by atoms with Crippen LogP contribution in [-0.4, -0.2) is 25.4 Å². The van der Waals surface area contributed by atoms with Crippen LogP contribution in [0.1, 0.15) is 18.5 Å². The van der Waals surface area contributed by atoms with E-state index in [4.69, 9.17) is 17.0 Å². The fourth-order valence-electron chi connectivity index (χ4n) is 2.22. The lowest BCUT2D eigenvalue weighted by molar-refractivity contribution is 0.204. The van der Waals surface area contributed by atoms with E-state index in [1.807, 2.05) is 0 Å². The second kappa shape index (κ2) is 7.22. The third kappa shape index (κ3) is 3.68. The Labute approximate surface area is 125 Å². The smallest absolute Gasteiger partial charge is 0.166 e. The number of thiocarbonyl (C=S) groups is 1. The molecule has 0 heterocycles. The Hall–Kier alpha value is -1.65. The molecule has 0 radical (unpaired) electrons. The van der Waals surface area contributed by atoms with Gasteiger partial charge in [-0.2, -0.15) is 0 Å². The first-order chi connectivity index (χ1) is 9.72. The third-order valence-corrected chi connectivity index (χ3v) is 3.49. The van der Waals surface area contributed by atoms with E-state index in [1.165, 1.54) is 16.3 Å². The van der Waals surface area contributed by atoms with Crippen molar-refractivity contribution < 1.29 is 4.74 Å². The molecule has 106 valence electrons. The van der Waals surface area contributed by atoms with E-state index in [0.29, 0.717) is 18.3 Å². The Morgan fingerprint density at radius 1 is 1.20 bits per heavy atom. The number of hydrogen-bond donors (Lipinski definition) is 2. The lowest BCUT2D eigenvalue weighted by atomic mass is 10.00. The lowest BCUT2D eigenvalue weighted by Crippen LogP contribution is -2.38. The van der Waals surface area contributed by atoms with Crippen LogP contribution in [0.25, 0.3) is 10.8 Å². The van der Waals surface area contributed by atoms with Crippen LogP contribution in [-0.2, 0) is 4.74 Å². The molecule has 0 unspecified atom stereocenters. The molecular formula is C16H20N2OS. The monoisotopic (exact) mass is 288 g/mol. The molecule has 0 aliphatic carbocycles. The largest absolute Gasteiger partial charge is 0.383 e. The van der Waals surface area contributed by atoms with Gasteiger partial charge in [0.2, 0.25) is 0 Å². The number of ether oxygens (including phenoxy) is 1. The van der Waals surface area contributed by atoms with Crippen LogP contribution in [0.2, 0.25) is 0 Å². The summed E-state index contributed by atoms with van der Waals surface area (Å²) in [6, 6.07) is 14.9. The number of rotatable bonds is 5. The summed E-state index contributed by atoms with van der Waals surface area (Å²) in [6.45, 7) is 3.47. The number of fused-ring (bicyclic) bond motifs is 1. The van der Waals surface area contributed by atoms with Crippen LogP contribution in [0.4, 0.5) is 0 Å². The Morgan fingerprint density at radius 2 is 1.95 bits per heavy atom. The highest BCUT2D eigenvalue weighted by molar-refractivity contribution is 7.80. The Balaban J connectivity index is 2.07. The molecule has 2 N–H and O–H groups in total. The summed E-state index contributed by atoms with van der Waals surface area (Å²) in [5.74, 6) is 0. The molecule has 1 atom stereocenters. The van der Waals surface area contributed by atoms with Gasteiger partial charge in [-0.05, 0) is 35.5 Å². The van der Waals surface area contributed by atoms with Crippen LogP contribution in [0.3, 0.4) is 0 Å². The van der Waals surface area contributed by atoms with Gasteiger partial charge in [0.25, 0.3) is 0 Å². The van der Waals surface area contributed by atoms with Crippen molar-refractivity contribution in [1.29, 1.82) is 0 Å². The highest BCUT2D eigenvalue weighted by Crippen LogP contribution is 2.23. The van der Waals surface area contributed by atoms with Crippen molar-refractivity contribution in [2.24, 2.45) is 0 Å². The first-order valence-electron chi connectivity index (χ1n) is 6.73. The summed E-state index contributed by atoms with van der Waals surface area (Å²) in [6.07, 6.45) is 0. The predicted octanol–water partition coefficient (Wildman–Crippen LogP) is 3.01. The van der Waals surface area contributed by atoms with Gasteiger partial charge in [-0.3, -0.25) is 0 Å². The quantitative estimate of drug-likeness (QED) is 0.654. The summed E-state index contributed by atoms with van der Waals surface area (Å²) >= 11 is 5.29. The van der Waals surface area contributed by atoms with E-state index in [2.05, 4.69) is 60.0 Å². The molecule has 0 amide bonds. The molecular weight excluding hydrogens is 268 g/mol. The fraction of sp³-hybridized carbons (Fsp3) is 0.312. The highest BCUT2D eigenvalue weighted by atomic mass is 32.1. The molecule has 0 aliphatic rings. The lowest BCUT2D eigenvalue weighted by Gasteiger charge is -2.19. The molecule has 3 nitrogen and oxygen atoms in total. The summed E-state index contributed by atoms with van der Waals surface area (Å²) < 4.78 is 4.99. The maximum Gasteiger partial charge on any atom is 0.166 e. The summed E-state index contributed by atoms with van der Waals surface area (Å²) in [5.41, 5.74) is 1.25. The van der Waals surface area contributed by atoms with Crippen molar-refractivity contribution in [3.8, 4) is 0 Å². The second-order valence-corrected chi connectivity index (χ2v) is 5.09. The number of methoxy groups -OCH3 is 1. The van der Waals surface area contributed by atoms with Gasteiger partial charge in [-0.1, -0.05) is 42.5 Å². The molecule has 0 aromatic heterocycles. The highest BCUT2D eigenvalue weighted by Gasteiger charge is 2.09. The van der Waals surface area contributed by atoms with Gasteiger partial charge in [-0.25, -0.2) is 0 Å². The number of benzene rings is 2. The van der Waals surface area contributed by atoms with Gasteiger partial charge in [0.1, 0.15) is 0 Å². The zero-order chi connectivity index (χ0) is 14.4. The number of hydrogen-bond acceptors (Lipinski definition) is 2. The van der Waals surface area contributed by atoms with Gasteiger partial charge < -0.3 is 15.4 Å². The van der Waals surface area contributed by atoms with Gasteiger partial charge in [0.05, 0.1) is 12.6 Å². The average Bonchev–Trinajstić information content (AvgIpc) is 2.47. The molecule has 2 rings (SSSR count). The van der Waals surface area contributed by atoms with Crippen LogP contribution >= 0.6 is 12.2 Å². The maximum atomic E-state index is 5.29. The standard InChI is InChI=1S/C16H20N2OS/c1-12(18-16(20)17-10-11-19-2)14-9-5-7-13-6-3-4-8-15(13)14/h3-9,12H,10-11H2,1-2H3,(H2,17,18,20)/t12-/m0/s1. The fourth-order valence-corrected chi connectivity index (χ4v) is 2.50. The van der Waals surface area contributed by atoms with Gasteiger partial charge in [-0.15, -0.1) is 0 Å². The first-order valence-corrected chi connectivity index (χ1v) is 7.14. The molecule has 2 aromatic rings. The van der Waals surface area contributed by atoms with Crippen LogP contribution in [0.15, 0.2) is 42.5 Å². The van der Waals surface area contributed by atoms with E-state index >= 15 is 0 Å². The third-order valence-electron chi connectivity index (χ3n) is 3.23. The minimum Gasteiger partial charge on any atom is -0.383 e. The van der Waals surface area contributed by atoms with Crippen molar-refractivity contribution in [3.63, 3.8) is 0 Å². The van der Waals surface area contributed by atoms with E-state index < -0.39 is 0 Å². The molecule has 4 heteroatoms. The minimum absolute atomic E-state index is 0.156. The molecule has 0 aliphatic heterocycles. The Morgan fingerprint density at radius 3 is 2.75 bits per heavy atom. The topological polar surface area (TPSA) is 33.3 Å². The van der Waals surface area contributed by atoms with Crippen molar-refractivity contribution in [1.82, 2.24) is 10.6 Å². The van der Waals surface area contributed by atoms with Crippen molar-refractivity contribution >= 4 is 28.1 Å². The summed E-state index contributed by atoms with van der Waals surface area (Å²) in [4.78, 5) is 0. The first kappa shape index (κ1) is 14.8. The van der Waals surface area contributed by atoms with E-state index in [0.717, 1.165) is 0 Å². The number of nitrogens with one attached hydrogen (secondary N) is 2. The van der Waals surface area contributed by atoms with Gasteiger partial charge in [0.15, 0.2) is 5.11 Å². The molecule has 0 bridgehead atoms. The van der Waals surface area contributed by atoms with Crippen molar-refractivity contribution in [3.05, 3.63) is 48.0 Å². The Bertz CT molecular complexity index is 580. The van der Waals surface area contributed by atoms with E-state index in [-0.39, 0.29) is 6.04 Å². The average molecular weight is 288 g/mol. The maximum absolute atomic E-state index is 5.29. The minimum atomic E-state index is 0.156. The zero-order valence-electron chi connectivity index (χ0n) is 11.8. The summed E-state index contributed by atoms with van der Waals surface area (Å²) in [5, 5.41) is 9.60. The normalized spacial score (nSPS) is 12.1. The van der Waals surface area contributed by atoms with Crippen LogP contribution in [0.5, 0.6) is 0 Å². The van der Waals surface area contributed by atoms with Crippen LogP contribution in [0, 0.1) is 0 Å². The predicted molar refractivity (Wildman–Crippen MR) is 88.0 cm³/mol. The van der Waals surface area contributed by atoms with E-state index in [1.54, 1.807) is 7.11 Å². The SMILES string of the molecule is COCCNC(=S)N[C@@H](C)c1cccc2ccccc12. The van der Waals surface area contributed by atoms with E-state index in [9.17, 15) is 0 Å². The zero-order valence-corrected chi connectivity index (χ0v) is 12.7. The van der Waals surface area contributed by atoms with Gasteiger partial charge >= 0.3 is 0 Å². The molecule has 0 spiro atoms. The second-order valence-electron chi connectivity index (χ2n) is 4.68. The van der Waals surface area contributed by atoms with Crippen LogP contribution < -0.4 is 10.6 Å². The summed E-state index contributed by atoms with van der Waals surface area (Å²) in [7, 11) is 1.68. The molecule has 0 saturated carbocycles. The Kier molecular flexibility index (Phi) is 5.32. The molecule has 0 saturated heterocycles. The van der Waals surface area contributed by atoms with Crippen molar-refractivity contribution in [2.45, 2.75) is 13.0 Å². The van der Waals surface area contributed by atoms with Crippen molar-refractivity contribution in [2.75, 3.05) is 20.3 Å². The van der Waals surface area contributed by atoms with Gasteiger partial charge in [0, 0.05) is 13.7 Å². The molecule has 20 heavy (non-hydrogen) atoms. The molecule has 2 aromatic carbocycles.